The van der Waals surface area contributed by atoms with Crippen LogP contribution in [0.15, 0.2) is 53.0 Å². The first-order chi connectivity index (χ1) is 12.8. The highest BCUT2D eigenvalue weighted by molar-refractivity contribution is 8.03. The summed E-state index contributed by atoms with van der Waals surface area (Å²) < 4.78 is 0. The molecule has 0 atom stereocenters. The van der Waals surface area contributed by atoms with Crippen molar-refractivity contribution in [3.05, 3.63) is 68.5 Å². The average molecular weight is 401 g/mol. The van der Waals surface area contributed by atoms with Crippen LogP contribution in [0.5, 0.6) is 0 Å². The summed E-state index contributed by atoms with van der Waals surface area (Å²) in [7, 11) is 0. The molecule has 7 heteroatoms. The maximum absolute atomic E-state index is 6.20. The van der Waals surface area contributed by atoms with E-state index in [4.69, 9.17) is 11.6 Å². The molecule has 1 saturated heterocycles. The Morgan fingerprint density at radius 2 is 2.19 bits per heavy atom. The molecule has 0 saturated carbocycles. The molecule has 2 aromatic heterocycles. The molecule has 26 heavy (non-hydrogen) atoms. The van der Waals surface area contributed by atoms with Crippen LogP contribution in [0, 0.1) is 0 Å². The van der Waals surface area contributed by atoms with Crippen molar-refractivity contribution in [1.29, 1.82) is 0 Å². The molecule has 0 aliphatic carbocycles. The number of thiophene rings is 1. The van der Waals surface area contributed by atoms with Crippen molar-refractivity contribution in [2.45, 2.75) is 6.54 Å². The Hall–Kier alpha value is -1.86. The van der Waals surface area contributed by atoms with Gasteiger partial charge < -0.3 is 10.6 Å². The molecule has 0 unspecified atom stereocenters. The van der Waals surface area contributed by atoms with Crippen molar-refractivity contribution in [2.75, 3.05) is 17.7 Å². The molecule has 1 fully saturated rings. The van der Waals surface area contributed by atoms with Gasteiger partial charge in [-0.2, -0.15) is 0 Å². The van der Waals surface area contributed by atoms with Crippen molar-refractivity contribution >= 4 is 46.6 Å². The fourth-order valence-corrected chi connectivity index (χ4v) is 4.54. The molecule has 2 N–H and O–H groups in total. The van der Waals surface area contributed by atoms with Crippen molar-refractivity contribution in [1.82, 2.24) is 15.3 Å². The second kappa shape index (κ2) is 8.22. The molecule has 4 rings (SSSR count). The highest BCUT2D eigenvalue weighted by Crippen LogP contribution is 2.29. The van der Waals surface area contributed by atoms with Gasteiger partial charge in [0, 0.05) is 44.7 Å². The Morgan fingerprint density at radius 1 is 1.27 bits per heavy atom. The van der Waals surface area contributed by atoms with Crippen LogP contribution in [-0.2, 0) is 6.54 Å². The Balaban J connectivity index is 1.48. The number of hydrogen-bond acceptors (Lipinski definition) is 6. The van der Waals surface area contributed by atoms with Gasteiger partial charge in [0.1, 0.15) is 5.82 Å². The van der Waals surface area contributed by atoms with Gasteiger partial charge in [-0.3, -0.25) is 4.98 Å². The molecule has 4 nitrogen and oxygen atoms in total. The van der Waals surface area contributed by atoms with Crippen LogP contribution in [0.4, 0.5) is 5.82 Å². The topological polar surface area (TPSA) is 49.8 Å². The summed E-state index contributed by atoms with van der Waals surface area (Å²) in [6.45, 7) is 1.57. The fraction of sp³-hybridized carbons (Fsp3) is 0.158. The van der Waals surface area contributed by atoms with Crippen LogP contribution in [0.2, 0.25) is 5.02 Å². The molecule has 3 aromatic rings. The van der Waals surface area contributed by atoms with E-state index in [1.165, 1.54) is 9.78 Å². The van der Waals surface area contributed by atoms with E-state index in [2.05, 4.69) is 38.1 Å². The molecule has 3 heterocycles. The van der Waals surface area contributed by atoms with Crippen molar-refractivity contribution in [2.24, 2.45) is 0 Å². The first-order valence-corrected chi connectivity index (χ1v) is 10.4. The third-order valence-corrected chi connectivity index (χ3v) is 6.16. The van der Waals surface area contributed by atoms with Crippen LogP contribution in [0.25, 0.3) is 17.3 Å². The normalized spacial score (nSPS) is 15.5. The van der Waals surface area contributed by atoms with Crippen molar-refractivity contribution in [3.8, 4) is 11.3 Å². The van der Waals surface area contributed by atoms with E-state index in [0.717, 1.165) is 40.1 Å². The van der Waals surface area contributed by atoms with Gasteiger partial charge in [0.05, 0.1) is 18.1 Å². The first kappa shape index (κ1) is 17.5. The third kappa shape index (κ3) is 4.27. The molecule has 0 spiro atoms. The zero-order valence-corrected chi connectivity index (χ0v) is 16.3. The van der Waals surface area contributed by atoms with E-state index in [1.807, 2.05) is 36.0 Å². The van der Waals surface area contributed by atoms with Gasteiger partial charge in [-0.05, 0) is 23.8 Å². The number of hydrogen-bond donors (Lipinski definition) is 2. The Kier molecular flexibility index (Phi) is 5.55. The van der Waals surface area contributed by atoms with Gasteiger partial charge in [-0.1, -0.05) is 29.8 Å². The van der Waals surface area contributed by atoms with E-state index in [-0.39, 0.29) is 0 Å². The van der Waals surface area contributed by atoms with Crippen LogP contribution in [-0.4, -0.2) is 22.4 Å². The van der Waals surface area contributed by atoms with Crippen molar-refractivity contribution in [3.63, 3.8) is 0 Å². The molecule has 132 valence electrons. The van der Waals surface area contributed by atoms with Gasteiger partial charge in [0.15, 0.2) is 0 Å². The zero-order chi connectivity index (χ0) is 17.8. The Labute approximate surface area is 165 Å². The van der Waals surface area contributed by atoms with Gasteiger partial charge in [0.2, 0.25) is 0 Å². The number of nitrogens with one attached hydrogen (secondary N) is 2. The van der Waals surface area contributed by atoms with Crippen LogP contribution >= 0.6 is 34.7 Å². The van der Waals surface area contributed by atoms with E-state index < -0.39 is 0 Å². The minimum Gasteiger partial charge on any atom is -0.365 e. The summed E-state index contributed by atoms with van der Waals surface area (Å²) in [5, 5.41) is 9.50. The highest BCUT2D eigenvalue weighted by Gasteiger charge is 2.09. The smallest absolute Gasteiger partial charge is 0.145 e. The van der Waals surface area contributed by atoms with Gasteiger partial charge in [-0.25, -0.2) is 4.98 Å². The first-order valence-electron chi connectivity index (χ1n) is 8.20. The lowest BCUT2D eigenvalue weighted by atomic mass is 10.2. The largest absolute Gasteiger partial charge is 0.365 e. The summed E-state index contributed by atoms with van der Waals surface area (Å²) in [5.74, 6) is 1.73. The number of aromatic nitrogens is 2. The lowest BCUT2D eigenvalue weighted by Crippen LogP contribution is -2.04. The maximum Gasteiger partial charge on any atom is 0.145 e. The maximum atomic E-state index is 6.20. The van der Waals surface area contributed by atoms with E-state index in [9.17, 15) is 0 Å². The van der Waals surface area contributed by atoms with Crippen LogP contribution in [0.1, 0.15) is 10.4 Å². The van der Waals surface area contributed by atoms with Gasteiger partial charge in [-0.15, -0.1) is 23.1 Å². The number of nitrogens with zero attached hydrogens (tertiary/aromatic N) is 2. The monoisotopic (exact) mass is 400 g/mol. The molecule has 1 aromatic carbocycles. The lowest BCUT2D eigenvalue weighted by Gasteiger charge is -2.08. The summed E-state index contributed by atoms with van der Waals surface area (Å²) in [6.07, 6.45) is 5.77. The van der Waals surface area contributed by atoms with E-state index in [1.54, 1.807) is 23.7 Å². The summed E-state index contributed by atoms with van der Waals surface area (Å²) in [6, 6.07) is 9.96. The second-order valence-corrected chi connectivity index (χ2v) is 8.25. The van der Waals surface area contributed by atoms with E-state index >= 15 is 0 Å². The van der Waals surface area contributed by atoms with E-state index in [0.29, 0.717) is 6.54 Å². The number of halogens is 1. The van der Waals surface area contributed by atoms with Crippen LogP contribution < -0.4 is 10.6 Å². The quantitative estimate of drug-likeness (QED) is 0.623. The lowest BCUT2D eigenvalue weighted by molar-refractivity contribution is 0.916. The van der Waals surface area contributed by atoms with Crippen molar-refractivity contribution < 1.29 is 0 Å². The fourth-order valence-electron chi connectivity index (χ4n) is 2.60. The number of thioether (sulfide) groups is 1. The molecular formula is C19H17ClN4S2. The summed E-state index contributed by atoms with van der Waals surface area (Å²) in [4.78, 5) is 11.6. The van der Waals surface area contributed by atoms with Gasteiger partial charge in [0.25, 0.3) is 0 Å². The Morgan fingerprint density at radius 3 is 3.04 bits per heavy atom. The molecule has 0 bridgehead atoms. The number of rotatable bonds is 5. The standard InChI is InChI=1S/C19H17ClN4S2/c20-17-4-2-1-3-13(17)7-23-19-10-21-9-18(24-19)14-5-15(25-11-14)6-16-8-22-12-26-16/h1-6,9-11,22H,7-8,12H2,(H,23,24)/b16-6-. The van der Waals surface area contributed by atoms with Crippen LogP contribution in [0.3, 0.4) is 0 Å². The predicted molar refractivity (Wildman–Crippen MR) is 113 cm³/mol. The number of benzene rings is 1. The minimum absolute atomic E-state index is 0.614. The average Bonchev–Trinajstić information content (AvgIpc) is 3.34. The third-order valence-electron chi connectivity index (χ3n) is 3.93. The SMILES string of the molecule is Clc1ccccc1CNc1cncc(-c2csc(/C=C3/CNCS3)c2)n1. The molecule has 0 amide bonds. The van der Waals surface area contributed by atoms with Gasteiger partial charge >= 0.3 is 0 Å². The molecule has 0 radical (unpaired) electrons. The summed E-state index contributed by atoms with van der Waals surface area (Å²) in [5.41, 5.74) is 2.99. The number of anilines is 1. The molecule has 1 aliphatic rings. The predicted octanol–water partition coefficient (Wildman–Crippen LogP) is 5.11. The molecule has 1 aliphatic heterocycles. The minimum atomic E-state index is 0.614. The Bertz CT molecular complexity index is 931. The zero-order valence-electron chi connectivity index (χ0n) is 13.9. The second-order valence-electron chi connectivity index (χ2n) is 5.80. The highest BCUT2D eigenvalue weighted by atomic mass is 35.5. The summed E-state index contributed by atoms with van der Waals surface area (Å²) >= 11 is 9.79. The molecular weight excluding hydrogens is 384 g/mol.